The van der Waals surface area contributed by atoms with Crippen molar-refractivity contribution in [2.45, 2.75) is 26.4 Å². The first-order valence-corrected chi connectivity index (χ1v) is 8.13. The number of furan rings is 1. The van der Waals surface area contributed by atoms with Gasteiger partial charge in [0.2, 0.25) is 5.91 Å². The minimum atomic E-state index is -0.610. The van der Waals surface area contributed by atoms with Gasteiger partial charge in [0.25, 0.3) is 5.91 Å². The summed E-state index contributed by atoms with van der Waals surface area (Å²) in [6.07, 6.45) is 1.55. The molecule has 6 heteroatoms. The molecular formula is C17H19BrN2O3. The first kappa shape index (κ1) is 17.3. The van der Waals surface area contributed by atoms with Gasteiger partial charge in [-0.05, 0) is 42.3 Å². The second-order valence-corrected chi connectivity index (χ2v) is 6.41. The molecule has 0 saturated carbocycles. The van der Waals surface area contributed by atoms with Crippen LogP contribution in [0.4, 0.5) is 0 Å². The van der Waals surface area contributed by atoms with Gasteiger partial charge in [0.05, 0.1) is 12.8 Å². The Morgan fingerprint density at radius 3 is 2.43 bits per heavy atom. The minimum Gasteiger partial charge on any atom is -0.467 e. The Hall–Kier alpha value is -2.08. The van der Waals surface area contributed by atoms with Gasteiger partial charge in [-0.15, -0.1) is 0 Å². The van der Waals surface area contributed by atoms with Gasteiger partial charge in [-0.1, -0.05) is 29.8 Å². The summed E-state index contributed by atoms with van der Waals surface area (Å²) in [6.45, 7) is 4.07. The van der Waals surface area contributed by atoms with E-state index in [0.29, 0.717) is 17.9 Å². The van der Waals surface area contributed by atoms with Gasteiger partial charge >= 0.3 is 0 Å². The molecule has 1 atom stereocenters. The summed E-state index contributed by atoms with van der Waals surface area (Å²) in [5.41, 5.74) is 0.512. The summed E-state index contributed by atoms with van der Waals surface area (Å²) in [6, 6.07) is 9.92. The first-order valence-electron chi connectivity index (χ1n) is 7.34. The van der Waals surface area contributed by atoms with E-state index in [0.717, 1.165) is 4.47 Å². The third-order valence-corrected chi connectivity index (χ3v) is 3.89. The molecule has 2 N–H and O–H groups in total. The molecule has 0 saturated heterocycles. The maximum Gasteiger partial charge on any atom is 0.251 e. The summed E-state index contributed by atoms with van der Waals surface area (Å²) >= 11 is 3.33. The lowest BCUT2D eigenvalue weighted by atomic mass is 10.0. The van der Waals surface area contributed by atoms with Crippen LogP contribution in [-0.4, -0.2) is 17.9 Å². The predicted molar refractivity (Wildman–Crippen MR) is 90.8 cm³/mol. The highest BCUT2D eigenvalue weighted by atomic mass is 79.9. The Morgan fingerprint density at radius 1 is 1.17 bits per heavy atom. The van der Waals surface area contributed by atoms with Crippen LogP contribution < -0.4 is 10.6 Å². The van der Waals surface area contributed by atoms with Gasteiger partial charge in [0.1, 0.15) is 11.8 Å². The van der Waals surface area contributed by atoms with Gasteiger partial charge in [0.15, 0.2) is 0 Å². The average Bonchev–Trinajstić information content (AvgIpc) is 3.03. The van der Waals surface area contributed by atoms with Crippen molar-refractivity contribution in [3.8, 4) is 0 Å². The zero-order valence-electron chi connectivity index (χ0n) is 13.0. The fraction of sp³-hybridized carbons (Fsp3) is 0.294. The Kier molecular flexibility index (Phi) is 5.98. The lowest BCUT2D eigenvalue weighted by molar-refractivity contribution is -0.124. The Morgan fingerprint density at radius 2 is 1.87 bits per heavy atom. The summed E-state index contributed by atoms with van der Waals surface area (Å²) in [7, 11) is 0. The lowest BCUT2D eigenvalue weighted by Crippen LogP contribution is -2.49. The van der Waals surface area contributed by atoms with E-state index in [2.05, 4.69) is 26.6 Å². The summed E-state index contributed by atoms with van der Waals surface area (Å²) in [4.78, 5) is 24.6. The third kappa shape index (κ3) is 4.96. The van der Waals surface area contributed by atoms with Crippen LogP contribution in [0.25, 0.3) is 0 Å². The van der Waals surface area contributed by atoms with Crippen molar-refractivity contribution in [3.63, 3.8) is 0 Å². The van der Waals surface area contributed by atoms with Crippen molar-refractivity contribution in [1.29, 1.82) is 0 Å². The molecule has 23 heavy (non-hydrogen) atoms. The zero-order chi connectivity index (χ0) is 16.8. The average molecular weight is 379 g/mol. The molecule has 1 aromatic heterocycles. The molecule has 122 valence electrons. The zero-order valence-corrected chi connectivity index (χ0v) is 14.6. The second-order valence-electron chi connectivity index (χ2n) is 5.50. The monoisotopic (exact) mass is 378 g/mol. The van der Waals surface area contributed by atoms with E-state index in [1.54, 1.807) is 42.7 Å². The molecule has 5 nitrogen and oxygen atoms in total. The van der Waals surface area contributed by atoms with Crippen molar-refractivity contribution < 1.29 is 14.0 Å². The fourth-order valence-corrected chi connectivity index (χ4v) is 2.32. The molecule has 0 unspecified atom stereocenters. The molecule has 0 fully saturated rings. The predicted octanol–water partition coefficient (Wildman–Crippen LogP) is 3.11. The topological polar surface area (TPSA) is 71.3 Å². The number of benzene rings is 1. The van der Waals surface area contributed by atoms with Crippen molar-refractivity contribution in [2.75, 3.05) is 0 Å². The van der Waals surface area contributed by atoms with Crippen molar-refractivity contribution in [1.82, 2.24) is 10.6 Å². The summed E-state index contributed by atoms with van der Waals surface area (Å²) in [5.74, 6) is 0.123. The molecule has 2 rings (SSSR count). The number of hydrogen-bond donors (Lipinski definition) is 2. The molecule has 0 aliphatic rings. The molecular weight excluding hydrogens is 360 g/mol. The second kappa shape index (κ2) is 7.97. The van der Waals surface area contributed by atoms with Gasteiger partial charge in [-0.25, -0.2) is 0 Å². The molecule has 2 aromatic rings. The highest BCUT2D eigenvalue weighted by Crippen LogP contribution is 2.11. The maximum atomic E-state index is 12.3. The number of carbonyl (C=O) groups excluding carboxylic acids is 2. The van der Waals surface area contributed by atoms with Crippen LogP contribution in [0.3, 0.4) is 0 Å². The standard InChI is InChI=1S/C17H19BrN2O3/c1-11(2)15(17(22)19-10-14-4-3-9-23-14)20-16(21)12-5-7-13(18)8-6-12/h3-9,11,15H,10H2,1-2H3,(H,19,22)(H,20,21)/t15-/m0/s1. The van der Waals surface area contributed by atoms with E-state index in [1.165, 1.54) is 0 Å². The van der Waals surface area contributed by atoms with Gasteiger partial charge < -0.3 is 15.1 Å². The van der Waals surface area contributed by atoms with E-state index in [-0.39, 0.29) is 17.7 Å². The normalized spacial score (nSPS) is 12.0. The minimum absolute atomic E-state index is 0.0361. The Labute approximate surface area is 143 Å². The molecule has 0 radical (unpaired) electrons. The highest BCUT2D eigenvalue weighted by molar-refractivity contribution is 9.10. The number of amides is 2. The van der Waals surface area contributed by atoms with E-state index < -0.39 is 6.04 Å². The molecule has 0 spiro atoms. The van der Waals surface area contributed by atoms with Gasteiger partial charge in [-0.3, -0.25) is 9.59 Å². The number of halogens is 1. The van der Waals surface area contributed by atoms with Crippen LogP contribution >= 0.6 is 15.9 Å². The van der Waals surface area contributed by atoms with Crippen LogP contribution in [0.2, 0.25) is 0 Å². The smallest absolute Gasteiger partial charge is 0.251 e. The first-order chi connectivity index (χ1) is 11.0. The molecule has 2 amide bonds. The van der Waals surface area contributed by atoms with Crippen molar-refractivity contribution in [2.24, 2.45) is 5.92 Å². The van der Waals surface area contributed by atoms with Crippen LogP contribution in [0.1, 0.15) is 30.0 Å². The molecule has 1 heterocycles. The SMILES string of the molecule is CC(C)[C@H](NC(=O)c1ccc(Br)cc1)C(=O)NCc1ccco1. The van der Waals surface area contributed by atoms with Crippen LogP contribution in [0.5, 0.6) is 0 Å². The van der Waals surface area contributed by atoms with Crippen LogP contribution in [0, 0.1) is 5.92 Å². The van der Waals surface area contributed by atoms with Gasteiger partial charge in [0, 0.05) is 10.0 Å². The van der Waals surface area contributed by atoms with E-state index in [4.69, 9.17) is 4.42 Å². The molecule has 0 aliphatic carbocycles. The summed E-state index contributed by atoms with van der Waals surface area (Å²) < 4.78 is 6.07. The number of hydrogen-bond acceptors (Lipinski definition) is 3. The fourth-order valence-electron chi connectivity index (χ4n) is 2.06. The number of carbonyl (C=O) groups is 2. The van der Waals surface area contributed by atoms with E-state index in [9.17, 15) is 9.59 Å². The molecule has 0 bridgehead atoms. The highest BCUT2D eigenvalue weighted by Gasteiger charge is 2.24. The number of rotatable bonds is 6. The van der Waals surface area contributed by atoms with E-state index in [1.807, 2.05) is 13.8 Å². The lowest BCUT2D eigenvalue weighted by Gasteiger charge is -2.21. The van der Waals surface area contributed by atoms with Crippen molar-refractivity contribution in [3.05, 3.63) is 58.5 Å². The van der Waals surface area contributed by atoms with Crippen LogP contribution in [-0.2, 0) is 11.3 Å². The third-order valence-electron chi connectivity index (χ3n) is 3.36. The maximum absolute atomic E-state index is 12.3. The van der Waals surface area contributed by atoms with Gasteiger partial charge in [-0.2, -0.15) is 0 Å². The Balaban J connectivity index is 1.98. The van der Waals surface area contributed by atoms with Crippen molar-refractivity contribution >= 4 is 27.7 Å². The number of nitrogens with one attached hydrogen (secondary N) is 2. The van der Waals surface area contributed by atoms with Crippen LogP contribution in [0.15, 0.2) is 51.6 Å². The Bertz CT molecular complexity index is 651. The molecule has 0 aliphatic heterocycles. The summed E-state index contributed by atoms with van der Waals surface area (Å²) in [5, 5.41) is 5.56. The molecule has 1 aromatic carbocycles. The largest absolute Gasteiger partial charge is 0.467 e. The van der Waals surface area contributed by atoms with E-state index >= 15 is 0 Å². The quantitative estimate of drug-likeness (QED) is 0.810.